The van der Waals surface area contributed by atoms with Crippen molar-refractivity contribution < 1.29 is 17.6 Å². The lowest BCUT2D eigenvalue weighted by Gasteiger charge is -2.07. The third-order valence-electron chi connectivity index (χ3n) is 2.93. The molecule has 2 rings (SSSR count). The first-order valence-electron chi connectivity index (χ1n) is 6.26. The molecule has 6 heteroatoms. The van der Waals surface area contributed by atoms with E-state index in [1.54, 1.807) is 24.3 Å². The van der Waals surface area contributed by atoms with Gasteiger partial charge in [-0.05, 0) is 29.8 Å². The van der Waals surface area contributed by atoms with E-state index >= 15 is 0 Å². The van der Waals surface area contributed by atoms with Crippen LogP contribution in [0.3, 0.4) is 0 Å². The topological polar surface area (TPSA) is 51.2 Å². The Morgan fingerprint density at radius 3 is 2.27 bits per heavy atom. The van der Waals surface area contributed by atoms with Gasteiger partial charge in [-0.15, -0.1) is 0 Å². The Bertz CT molecular complexity index is 857. The van der Waals surface area contributed by atoms with Gasteiger partial charge in [-0.3, -0.25) is 4.79 Å². The zero-order valence-electron chi connectivity index (χ0n) is 11.6. The third-order valence-corrected chi connectivity index (χ3v) is 4.38. The van der Waals surface area contributed by atoms with Crippen LogP contribution in [0.4, 0.5) is 4.39 Å². The van der Waals surface area contributed by atoms with Gasteiger partial charge < -0.3 is 0 Å². The molecule has 114 valence electrons. The molecule has 0 aliphatic rings. The molecule has 0 unspecified atom stereocenters. The van der Waals surface area contributed by atoms with E-state index in [1.165, 1.54) is 18.2 Å². The lowest BCUT2D eigenvalue weighted by Crippen LogP contribution is -2.14. The predicted octanol–water partition coefficient (Wildman–Crippen LogP) is 3.75. The molecular weight excluding hydrogens is 327 g/mol. The Morgan fingerprint density at radius 1 is 1.09 bits per heavy atom. The highest BCUT2D eigenvalue weighted by atomic mass is 35.5. The molecule has 2 aromatic rings. The first-order valence-corrected chi connectivity index (χ1v) is 8.53. The largest absolute Gasteiger partial charge is 0.288 e. The molecule has 3 nitrogen and oxygen atoms in total. The van der Waals surface area contributed by atoms with Gasteiger partial charge in [0.15, 0.2) is 9.84 Å². The number of hydrogen-bond donors (Lipinski definition) is 0. The van der Waals surface area contributed by atoms with Gasteiger partial charge in [0.05, 0.1) is 5.56 Å². The quantitative estimate of drug-likeness (QED) is 0.630. The van der Waals surface area contributed by atoms with Crippen molar-refractivity contribution in [3.05, 3.63) is 75.4 Å². The lowest BCUT2D eigenvalue weighted by atomic mass is 10.1. The van der Waals surface area contributed by atoms with Crippen molar-refractivity contribution in [2.45, 2.75) is 0 Å². The number of carbonyl (C=O) groups excluding carboxylic acids is 1. The number of rotatable bonds is 4. The summed E-state index contributed by atoms with van der Waals surface area (Å²) in [7, 11) is -3.86. The summed E-state index contributed by atoms with van der Waals surface area (Å²) in [5, 5.41) is 0.296. The van der Waals surface area contributed by atoms with Crippen molar-refractivity contribution in [3.63, 3.8) is 0 Å². The minimum atomic E-state index is -3.86. The minimum Gasteiger partial charge on any atom is -0.288 e. The lowest BCUT2D eigenvalue weighted by molar-refractivity contribution is 0.103. The fourth-order valence-electron chi connectivity index (χ4n) is 1.85. The molecule has 0 amide bonds. The number of allylic oxidation sites excluding steroid dienone is 1. The molecule has 0 aromatic heterocycles. The summed E-state index contributed by atoms with van der Waals surface area (Å²) in [6, 6.07) is 11.7. The van der Waals surface area contributed by atoms with Crippen LogP contribution in [-0.2, 0) is 9.84 Å². The van der Waals surface area contributed by atoms with E-state index in [4.69, 9.17) is 11.6 Å². The van der Waals surface area contributed by atoms with Crippen molar-refractivity contribution in [2.75, 3.05) is 6.26 Å². The SMILES string of the molecule is CS(=O)(=O)/C(=C/c1ccccc1Cl)C(=O)c1ccccc1F. The molecule has 2 aromatic carbocycles. The number of Topliss-reactive ketones (excluding diaryl/α,β-unsaturated/α-hetero) is 1. The Labute approximate surface area is 133 Å². The Kier molecular flexibility index (Phi) is 4.78. The fraction of sp³-hybridized carbons (Fsp3) is 0.0625. The van der Waals surface area contributed by atoms with Gasteiger partial charge in [-0.1, -0.05) is 41.9 Å². The second-order valence-electron chi connectivity index (χ2n) is 4.61. The van der Waals surface area contributed by atoms with Crippen LogP contribution >= 0.6 is 11.6 Å². The Hall–Kier alpha value is -1.98. The smallest absolute Gasteiger partial charge is 0.207 e. The summed E-state index contributed by atoms with van der Waals surface area (Å²) in [5.74, 6) is -1.68. The van der Waals surface area contributed by atoms with Crippen LogP contribution in [0.5, 0.6) is 0 Å². The summed E-state index contributed by atoms with van der Waals surface area (Å²) >= 11 is 5.98. The van der Waals surface area contributed by atoms with E-state index in [1.807, 2.05) is 0 Å². The van der Waals surface area contributed by atoms with Gasteiger partial charge in [0.2, 0.25) is 5.78 Å². The Balaban J connectivity index is 2.61. The average molecular weight is 339 g/mol. The van der Waals surface area contributed by atoms with Gasteiger partial charge in [-0.25, -0.2) is 12.8 Å². The van der Waals surface area contributed by atoms with Crippen LogP contribution in [0.15, 0.2) is 53.4 Å². The number of halogens is 2. The fourth-order valence-corrected chi connectivity index (χ4v) is 2.83. The molecule has 0 radical (unpaired) electrons. The van der Waals surface area contributed by atoms with E-state index in [0.29, 0.717) is 10.6 Å². The van der Waals surface area contributed by atoms with E-state index in [2.05, 4.69) is 0 Å². The molecule has 0 spiro atoms. The second kappa shape index (κ2) is 6.42. The number of hydrogen-bond acceptors (Lipinski definition) is 3. The highest BCUT2D eigenvalue weighted by molar-refractivity contribution is 7.95. The molecule has 0 saturated heterocycles. The maximum absolute atomic E-state index is 13.7. The van der Waals surface area contributed by atoms with Crippen molar-refractivity contribution in [2.24, 2.45) is 0 Å². The average Bonchev–Trinajstić information content (AvgIpc) is 2.45. The van der Waals surface area contributed by atoms with Gasteiger partial charge in [0, 0.05) is 11.3 Å². The molecule has 0 fully saturated rings. The normalized spacial score (nSPS) is 12.2. The monoisotopic (exact) mass is 338 g/mol. The van der Waals surface area contributed by atoms with Crippen molar-refractivity contribution in [3.8, 4) is 0 Å². The molecule has 0 saturated carbocycles. The van der Waals surface area contributed by atoms with Crippen molar-refractivity contribution in [1.82, 2.24) is 0 Å². The summed E-state index contributed by atoms with van der Waals surface area (Å²) in [6.45, 7) is 0. The molecule has 0 aliphatic heterocycles. The first-order chi connectivity index (χ1) is 10.3. The van der Waals surface area contributed by atoms with Crippen molar-refractivity contribution in [1.29, 1.82) is 0 Å². The summed E-state index contributed by atoms with van der Waals surface area (Å²) in [5.41, 5.74) is 0.0699. The molecule has 0 bridgehead atoms. The summed E-state index contributed by atoms with van der Waals surface area (Å²) in [6.07, 6.45) is 2.06. The number of sulfone groups is 1. The number of ketones is 1. The molecule has 0 atom stereocenters. The van der Waals surface area contributed by atoms with Crippen LogP contribution in [-0.4, -0.2) is 20.5 Å². The van der Waals surface area contributed by atoms with E-state index in [-0.39, 0.29) is 5.56 Å². The van der Waals surface area contributed by atoms with E-state index in [0.717, 1.165) is 18.4 Å². The maximum Gasteiger partial charge on any atom is 0.207 e. The van der Waals surface area contributed by atoms with E-state index < -0.39 is 26.3 Å². The molecule has 0 N–H and O–H groups in total. The molecule has 0 aliphatic carbocycles. The number of carbonyl (C=O) groups is 1. The Morgan fingerprint density at radius 2 is 1.68 bits per heavy atom. The van der Waals surface area contributed by atoms with Gasteiger partial charge in [0.25, 0.3) is 0 Å². The molecule has 0 heterocycles. The second-order valence-corrected chi connectivity index (χ2v) is 7.00. The van der Waals surface area contributed by atoms with Crippen LogP contribution in [0.25, 0.3) is 6.08 Å². The van der Waals surface area contributed by atoms with Gasteiger partial charge in [-0.2, -0.15) is 0 Å². The maximum atomic E-state index is 13.7. The molecular formula is C16H12ClFO3S. The predicted molar refractivity (Wildman–Crippen MR) is 85.0 cm³/mol. The van der Waals surface area contributed by atoms with Crippen LogP contribution in [0.2, 0.25) is 5.02 Å². The van der Waals surface area contributed by atoms with E-state index in [9.17, 15) is 17.6 Å². The third kappa shape index (κ3) is 3.61. The minimum absolute atomic E-state index is 0.296. The van der Waals surface area contributed by atoms with Gasteiger partial charge in [0.1, 0.15) is 10.7 Å². The van der Waals surface area contributed by atoms with Crippen LogP contribution in [0, 0.1) is 5.82 Å². The summed E-state index contributed by atoms with van der Waals surface area (Å²) in [4.78, 5) is 11.9. The highest BCUT2D eigenvalue weighted by Crippen LogP contribution is 2.23. The molecule has 22 heavy (non-hydrogen) atoms. The van der Waals surface area contributed by atoms with Crippen LogP contribution in [0.1, 0.15) is 15.9 Å². The van der Waals surface area contributed by atoms with Crippen LogP contribution < -0.4 is 0 Å². The van der Waals surface area contributed by atoms with Crippen molar-refractivity contribution >= 4 is 33.3 Å². The highest BCUT2D eigenvalue weighted by Gasteiger charge is 2.24. The zero-order chi connectivity index (χ0) is 16.3. The summed E-state index contributed by atoms with van der Waals surface area (Å²) < 4.78 is 37.6. The number of benzene rings is 2. The first kappa shape index (κ1) is 16.4. The van der Waals surface area contributed by atoms with Gasteiger partial charge >= 0.3 is 0 Å². The standard InChI is InChI=1S/C16H12ClFO3S/c1-22(20,21)15(10-11-6-2-4-8-13(11)17)16(19)12-7-3-5-9-14(12)18/h2-10H,1H3/b15-10+. The zero-order valence-corrected chi connectivity index (χ0v) is 13.2.